The Morgan fingerprint density at radius 1 is 1.24 bits per heavy atom. The van der Waals surface area contributed by atoms with E-state index in [1.54, 1.807) is 24.8 Å². The molecule has 128 valence electrons. The number of anilines is 1. The molecule has 6 heteroatoms. The minimum Gasteiger partial charge on any atom is -0.445 e. The second-order valence-corrected chi connectivity index (χ2v) is 6.32. The molecule has 1 atom stereocenters. The molecule has 1 aliphatic rings. The normalized spacial score (nSPS) is 17.6. The molecule has 0 saturated carbocycles. The molecule has 1 aliphatic heterocycles. The Balaban J connectivity index is 1.46. The number of hydrogen-bond donors (Lipinski definition) is 0. The van der Waals surface area contributed by atoms with E-state index in [4.69, 9.17) is 4.42 Å². The predicted molar refractivity (Wildman–Crippen MR) is 91.9 cm³/mol. The monoisotopic (exact) mass is 338 g/mol. The average molecular weight is 338 g/mol. The maximum atomic E-state index is 13.3. The van der Waals surface area contributed by atoms with Gasteiger partial charge in [-0.3, -0.25) is 0 Å². The summed E-state index contributed by atoms with van der Waals surface area (Å²) in [7, 11) is 0. The third-order valence-corrected chi connectivity index (χ3v) is 4.50. The van der Waals surface area contributed by atoms with Crippen molar-refractivity contribution >= 4 is 5.82 Å². The highest BCUT2D eigenvalue weighted by Gasteiger charge is 2.25. The first kappa shape index (κ1) is 15.7. The van der Waals surface area contributed by atoms with E-state index in [2.05, 4.69) is 19.9 Å². The second kappa shape index (κ2) is 7.01. The molecule has 4 rings (SSSR count). The maximum Gasteiger partial charge on any atom is 0.199 e. The minimum atomic E-state index is -0.231. The number of rotatable bonds is 4. The van der Waals surface area contributed by atoms with E-state index in [1.807, 2.05) is 12.1 Å². The Morgan fingerprint density at radius 3 is 3.04 bits per heavy atom. The Morgan fingerprint density at radius 2 is 2.20 bits per heavy atom. The van der Waals surface area contributed by atoms with Gasteiger partial charge in [0.05, 0.1) is 12.1 Å². The molecule has 0 spiro atoms. The molecule has 0 unspecified atom stereocenters. The van der Waals surface area contributed by atoms with Crippen molar-refractivity contribution < 1.29 is 8.81 Å². The highest BCUT2D eigenvalue weighted by Crippen LogP contribution is 2.29. The van der Waals surface area contributed by atoms with Gasteiger partial charge in [0.1, 0.15) is 23.7 Å². The molecule has 0 amide bonds. The van der Waals surface area contributed by atoms with Crippen LogP contribution in [0.4, 0.5) is 10.2 Å². The second-order valence-electron chi connectivity index (χ2n) is 6.32. The molecule has 3 heterocycles. The van der Waals surface area contributed by atoms with Crippen LogP contribution in [0.25, 0.3) is 0 Å². The van der Waals surface area contributed by atoms with Crippen LogP contribution in [0.5, 0.6) is 0 Å². The summed E-state index contributed by atoms with van der Waals surface area (Å²) < 4.78 is 19.3. The van der Waals surface area contributed by atoms with E-state index >= 15 is 0 Å². The number of halogens is 1. The molecule has 1 aromatic carbocycles. The first-order valence-corrected chi connectivity index (χ1v) is 8.48. The summed E-state index contributed by atoms with van der Waals surface area (Å²) in [5.74, 6) is 2.46. The lowest BCUT2D eigenvalue weighted by molar-refractivity contribution is 0.384. The van der Waals surface area contributed by atoms with Gasteiger partial charge in [-0.25, -0.2) is 19.3 Å². The fourth-order valence-electron chi connectivity index (χ4n) is 3.30. The van der Waals surface area contributed by atoms with Crippen molar-refractivity contribution in [3.8, 4) is 0 Å². The predicted octanol–water partition coefficient (Wildman–Crippen LogP) is 3.58. The number of aromatic nitrogens is 3. The van der Waals surface area contributed by atoms with E-state index in [9.17, 15) is 4.39 Å². The molecule has 25 heavy (non-hydrogen) atoms. The van der Waals surface area contributed by atoms with Gasteiger partial charge >= 0.3 is 0 Å². The quantitative estimate of drug-likeness (QED) is 0.728. The SMILES string of the molecule is Fc1cccc(Cc2cnc([C@@H]3CCCN(c4ccncn4)C3)o2)c1. The molecule has 0 bridgehead atoms. The Bertz CT molecular complexity index is 836. The zero-order valence-electron chi connectivity index (χ0n) is 13.8. The van der Waals surface area contributed by atoms with E-state index in [1.165, 1.54) is 12.1 Å². The molecule has 5 nitrogen and oxygen atoms in total. The zero-order valence-corrected chi connectivity index (χ0v) is 13.8. The smallest absolute Gasteiger partial charge is 0.199 e. The third kappa shape index (κ3) is 3.68. The molecule has 1 saturated heterocycles. The van der Waals surface area contributed by atoms with Crippen LogP contribution in [-0.2, 0) is 6.42 Å². The van der Waals surface area contributed by atoms with Crippen molar-refractivity contribution in [1.82, 2.24) is 15.0 Å². The van der Waals surface area contributed by atoms with Crippen molar-refractivity contribution in [1.29, 1.82) is 0 Å². The van der Waals surface area contributed by atoms with Gasteiger partial charge in [-0.15, -0.1) is 0 Å². The Labute approximate surface area is 145 Å². The van der Waals surface area contributed by atoms with Gasteiger partial charge in [0.25, 0.3) is 0 Å². The molecule has 0 aliphatic carbocycles. The van der Waals surface area contributed by atoms with Crippen LogP contribution in [-0.4, -0.2) is 28.0 Å². The van der Waals surface area contributed by atoms with Gasteiger partial charge in [0.2, 0.25) is 0 Å². The highest BCUT2D eigenvalue weighted by atomic mass is 19.1. The summed E-state index contributed by atoms with van der Waals surface area (Å²) in [6.45, 7) is 1.81. The average Bonchev–Trinajstić information content (AvgIpc) is 3.11. The third-order valence-electron chi connectivity index (χ3n) is 4.50. The zero-order chi connectivity index (χ0) is 17.1. The molecule has 3 aromatic rings. The van der Waals surface area contributed by atoms with E-state index < -0.39 is 0 Å². The number of oxazole rings is 1. The summed E-state index contributed by atoms with van der Waals surface area (Å²) in [4.78, 5) is 15.0. The molecule has 0 radical (unpaired) electrons. The van der Waals surface area contributed by atoms with Crippen LogP contribution in [0, 0.1) is 5.82 Å². The lowest BCUT2D eigenvalue weighted by Crippen LogP contribution is -2.35. The summed E-state index contributed by atoms with van der Waals surface area (Å²) in [6.07, 6.45) is 7.74. The first-order chi connectivity index (χ1) is 12.3. The van der Waals surface area contributed by atoms with Crippen LogP contribution < -0.4 is 4.90 Å². The highest BCUT2D eigenvalue weighted by molar-refractivity contribution is 5.37. The summed E-state index contributed by atoms with van der Waals surface area (Å²) in [5, 5.41) is 0. The van der Waals surface area contributed by atoms with Gasteiger partial charge in [0.15, 0.2) is 5.89 Å². The Kier molecular flexibility index (Phi) is 4.41. The van der Waals surface area contributed by atoms with Crippen LogP contribution in [0.15, 0.2) is 53.5 Å². The van der Waals surface area contributed by atoms with Crippen LogP contribution in [0.3, 0.4) is 0 Å². The summed E-state index contributed by atoms with van der Waals surface area (Å²) >= 11 is 0. The molecular formula is C19H19FN4O. The van der Waals surface area contributed by atoms with Gasteiger partial charge in [-0.2, -0.15) is 0 Å². The largest absolute Gasteiger partial charge is 0.445 e. The van der Waals surface area contributed by atoms with Crippen molar-refractivity contribution in [2.45, 2.75) is 25.2 Å². The van der Waals surface area contributed by atoms with Gasteiger partial charge in [-0.05, 0) is 36.6 Å². The fourth-order valence-corrected chi connectivity index (χ4v) is 3.30. The van der Waals surface area contributed by atoms with E-state index in [0.717, 1.165) is 49.0 Å². The number of hydrogen-bond acceptors (Lipinski definition) is 5. The van der Waals surface area contributed by atoms with Crippen molar-refractivity contribution in [2.24, 2.45) is 0 Å². The van der Waals surface area contributed by atoms with E-state index in [-0.39, 0.29) is 11.7 Å². The molecular weight excluding hydrogens is 319 g/mol. The number of piperidine rings is 1. The summed E-state index contributed by atoms with van der Waals surface area (Å²) in [5.41, 5.74) is 0.883. The Hall–Kier alpha value is -2.76. The lowest BCUT2D eigenvalue weighted by Gasteiger charge is -2.31. The lowest BCUT2D eigenvalue weighted by atomic mass is 9.98. The van der Waals surface area contributed by atoms with E-state index in [0.29, 0.717) is 6.42 Å². The molecule has 2 aromatic heterocycles. The van der Waals surface area contributed by atoms with Gasteiger partial charge < -0.3 is 9.32 Å². The topological polar surface area (TPSA) is 55.1 Å². The fraction of sp³-hybridized carbons (Fsp3) is 0.316. The van der Waals surface area contributed by atoms with Crippen LogP contribution >= 0.6 is 0 Å². The van der Waals surface area contributed by atoms with Gasteiger partial charge in [-0.1, -0.05) is 12.1 Å². The standard InChI is InChI=1S/C19H19FN4O/c20-16-5-1-3-14(9-16)10-17-11-22-19(25-17)15-4-2-8-24(12-15)18-6-7-21-13-23-18/h1,3,5-7,9,11,13,15H,2,4,8,10,12H2/t15-/m1/s1. The maximum absolute atomic E-state index is 13.3. The number of nitrogens with zero attached hydrogens (tertiary/aromatic N) is 4. The summed E-state index contributed by atoms with van der Waals surface area (Å²) in [6, 6.07) is 8.50. The van der Waals surface area contributed by atoms with Crippen LogP contribution in [0.2, 0.25) is 0 Å². The first-order valence-electron chi connectivity index (χ1n) is 8.48. The number of benzene rings is 1. The molecule has 0 N–H and O–H groups in total. The van der Waals surface area contributed by atoms with Crippen molar-refractivity contribution in [3.63, 3.8) is 0 Å². The van der Waals surface area contributed by atoms with Gasteiger partial charge in [0, 0.05) is 25.7 Å². The van der Waals surface area contributed by atoms with Crippen molar-refractivity contribution in [3.05, 3.63) is 72.1 Å². The molecule has 1 fully saturated rings. The van der Waals surface area contributed by atoms with Crippen molar-refractivity contribution in [2.75, 3.05) is 18.0 Å². The van der Waals surface area contributed by atoms with Crippen LogP contribution in [0.1, 0.15) is 36.0 Å². The minimum absolute atomic E-state index is 0.231.